The predicted octanol–water partition coefficient (Wildman–Crippen LogP) is 5.78. The summed E-state index contributed by atoms with van der Waals surface area (Å²) < 4.78 is 0. The number of hydrogen-bond donors (Lipinski definition) is 1. The molecule has 0 saturated heterocycles. The third-order valence-electron chi connectivity index (χ3n) is 4.38. The van der Waals surface area contributed by atoms with Gasteiger partial charge in [0.05, 0.1) is 0 Å². The SMILES string of the molecule is CCCC(NC1CC(c2ccc(Cl)cc2)C1)c1cccs1. The van der Waals surface area contributed by atoms with Crippen LogP contribution in [0, 0.1) is 0 Å². The third-order valence-corrected chi connectivity index (χ3v) is 5.62. The van der Waals surface area contributed by atoms with Crippen LogP contribution in [0.1, 0.15) is 55.0 Å². The van der Waals surface area contributed by atoms with Crippen LogP contribution in [-0.2, 0) is 0 Å². The minimum absolute atomic E-state index is 0.533. The van der Waals surface area contributed by atoms with E-state index in [1.54, 1.807) is 0 Å². The van der Waals surface area contributed by atoms with Gasteiger partial charge in [-0.05, 0) is 54.3 Å². The summed E-state index contributed by atoms with van der Waals surface area (Å²) in [4.78, 5) is 1.48. The van der Waals surface area contributed by atoms with Crippen molar-refractivity contribution in [2.24, 2.45) is 0 Å². The van der Waals surface area contributed by atoms with Gasteiger partial charge in [0.2, 0.25) is 0 Å². The minimum atomic E-state index is 0.533. The van der Waals surface area contributed by atoms with Crippen LogP contribution in [0.3, 0.4) is 0 Å². The average Bonchev–Trinajstić information content (AvgIpc) is 2.96. The van der Waals surface area contributed by atoms with Crippen molar-refractivity contribution in [2.45, 2.75) is 50.6 Å². The first-order valence-electron chi connectivity index (χ1n) is 7.81. The molecule has 1 aliphatic rings. The van der Waals surface area contributed by atoms with Gasteiger partial charge in [0, 0.05) is 22.0 Å². The van der Waals surface area contributed by atoms with Crippen LogP contribution in [0.15, 0.2) is 41.8 Å². The van der Waals surface area contributed by atoms with E-state index in [4.69, 9.17) is 11.6 Å². The van der Waals surface area contributed by atoms with Gasteiger partial charge < -0.3 is 5.32 Å². The Labute approximate surface area is 136 Å². The zero-order valence-electron chi connectivity index (χ0n) is 12.4. The molecule has 1 heterocycles. The summed E-state index contributed by atoms with van der Waals surface area (Å²) in [6.45, 7) is 2.26. The lowest BCUT2D eigenvalue weighted by Crippen LogP contribution is -2.41. The highest BCUT2D eigenvalue weighted by Crippen LogP contribution is 2.39. The fraction of sp³-hybridized carbons (Fsp3) is 0.444. The van der Waals surface area contributed by atoms with Crippen LogP contribution in [0.5, 0.6) is 0 Å². The zero-order chi connectivity index (χ0) is 14.7. The number of thiophene rings is 1. The molecule has 1 atom stereocenters. The topological polar surface area (TPSA) is 12.0 Å². The molecular formula is C18H22ClNS. The van der Waals surface area contributed by atoms with Crippen molar-refractivity contribution in [3.8, 4) is 0 Å². The average molecular weight is 320 g/mol. The van der Waals surface area contributed by atoms with Crippen LogP contribution >= 0.6 is 22.9 Å². The molecular weight excluding hydrogens is 298 g/mol. The highest BCUT2D eigenvalue weighted by molar-refractivity contribution is 7.10. The first-order chi connectivity index (χ1) is 10.3. The summed E-state index contributed by atoms with van der Waals surface area (Å²) in [6, 6.07) is 14.0. The zero-order valence-corrected chi connectivity index (χ0v) is 14.0. The van der Waals surface area contributed by atoms with Crippen LogP contribution in [0.4, 0.5) is 0 Å². The second kappa shape index (κ2) is 6.95. The van der Waals surface area contributed by atoms with E-state index in [9.17, 15) is 0 Å². The van der Waals surface area contributed by atoms with E-state index in [0.717, 1.165) is 5.02 Å². The highest BCUT2D eigenvalue weighted by Gasteiger charge is 2.31. The molecule has 21 heavy (non-hydrogen) atoms. The summed E-state index contributed by atoms with van der Waals surface area (Å²) in [6.07, 6.45) is 4.94. The van der Waals surface area contributed by atoms with Crippen molar-refractivity contribution in [2.75, 3.05) is 0 Å². The number of rotatable bonds is 6. The lowest BCUT2D eigenvalue weighted by molar-refractivity contribution is 0.261. The van der Waals surface area contributed by atoms with E-state index in [-0.39, 0.29) is 0 Å². The summed E-state index contributed by atoms with van der Waals surface area (Å²) >= 11 is 7.82. The maximum absolute atomic E-state index is 5.96. The van der Waals surface area contributed by atoms with Gasteiger partial charge in [-0.3, -0.25) is 0 Å². The minimum Gasteiger partial charge on any atom is -0.306 e. The van der Waals surface area contributed by atoms with Gasteiger partial charge in [0.15, 0.2) is 0 Å². The number of nitrogens with one attached hydrogen (secondary N) is 1. The molecule has 1 unspecified atom stereocenters. The molecule has 1 fully saturated rings. The van der Waals surface area contributed by atoms with Gasteiger partial charge in [-0.1, -0.05) is 43.1 Å². The van der Waals surface area contributed by atoms with E-state index in [1.807, 2.05) is 23.5 Å². The first-order valence-corrected chi connectivity index (χ1v) is 9.07. The highest BCUT2D eigenvalue weighted by atomic mass is 35.5. The summed E-state index contributed by atoms with van der Waals surface area (Å²) in [5.41, 5.74) is 1.43. The Balaban J connectivity index is 1.54. The normalized spacial score (nSPS) is 22.8. The Hall–Kier alpha value is -0.830. The molecule has 3 heteroatoms. The number of benzene rings is 1. The summed E-state index contributed by atoms with van der Waals surface area (Å²) in [5.74, 6) is 0.699. The maximum Gasteiger partial charge on any atom is 0.0416 e. The van der Waals surface area contributed by atoms with E-state index in [2.05, 4.69) is 41.9 Å². The fourth-order valence-electron chi connectivity index (χ4n) is 3.13. The molecule has 1 nitrogen and oxygen atoms in total. The second-order valence-electron chi connectivity index (χ2n) is 5.94. The van der Waals surface area contributed by atoms with Gasteiger partial charge in [-0.2, -0.15) is 0 Å². The lowest BCUT2D eigenvalue weighted by Gasteiger charge is -2.38. The summed E-state index contributed by atoms with van der Waals surface area (Å²) in [5, 5.41) is 6.86. The first kappa shape index (κ1) is 15.1. The van der Waals surface area contributed by atoms with Gasteiger partial charge >= 0.3 is 0 Å². The molecule has 1 aromatic heterocycles. The molecule has 1 aromatic carbocycles. The largest absolute Gasteiger partial charge is 0.306 e. The summed E-state index contributed by atoms with van der Waals surface area (Å²) in [7, 11) is 0. The van der Waals surface area contributed by atoms with Crippen molar-refractivity contribution in [1.82, 2.24) is 5.32 Å². The molecule has 0 spiro atoms. The molecule has 3 rings (SSSR count). The Morgan fingerprint density at radius 3 is 2.62 bits per heavy atom. The van der Waals surface area contributed by atoms with Crippen molar-refractivity contribution in [1.29, 1.82) is 0 Å². The standard InChI is InChI=1S/C18H22ClNS/c1-2-4-17(18-5-3-10-21-18)20-16-11-14(12-16)13-6-8-15(19)9-7-13/h3,5-10,14,16-17,20H,2,4,11-12H2,1H3. The molecule has 0 radical (unpaired) electrons. The van der Waals surface area contributed by atoms with Crippen LogP contribution in [0.25, 0.3) is 0 Å². The van der Waals surface area contributed by atoms with Crippen molar-refractivity contribution >= 4 is 22.9 Å². The molecule has 0 aliphatic heterocycles. The maximum atomic E-state index is 5.96. The van der Waals surface area contributed by atoms with Gasteiger partial charge in [0.1, 0.15) is 0 Å². The van der Waals surface area contributed by atoms with Gasteiger partial charge in [-0.15, -0.1) is 11.3 Å². The Kier molecular flexibility index (Phi) is 4.99. The van der Waals surface area contributed by atoms with Crippen molar-refractivity contribution in [3.05, 3.63) is 57.2 Å². The molecule has 112 valence electrons. The lowest BCUT2D eigenvalue weighted by atomic mass is 9.75. The third kappa shape index (κ3) is 3.68. The van der Waals surface area contributed by atoms with E-state index in [1.165, 1.54) is 36.1 Å². The fourth-order valence-corrected chi connectivity index (χ4v) is 4.08. The van der Waals surface area contributed by atoms with Crippen LogP contribution in [0.2, 0.25) is 5.02 Å². The Morgan fingerprint density at radius 1 is 1.24 bits per heavy atom. The van der Waals surface area contributed by atoms with E-state index >= 15 is 0 Å². The smallest absolute Gasteiger partial charge is 0.0416 e. The quantitative estimate of drug-likeness (QED) is 0.711. The predicted molar refractivity (Wildman–Crippen MR) is 92.3 cm³/mol. The molecule has 2 aromatic rings. The van der Waals surface area contributed by atoms with Crippen molar-refractivity contribution < 1.29 is 0 Å². The van der Waals surface area contributed by atoms with Crippen molar-refractivity contribution in [3.63, 3.8) is 0 Å². The molecule has 1 aliphatic carbocycles. The van der Waals surface area contributed by atoms with Crippen LogP contribution in [-0.4, -0.2) is 6.04 Å². The second-order valence-corrected chi connectivity index (χ2v) is 7.36. The number of hydrogen-bond acceptors (Lipinski definition) is 2. The van der Waals surface area contributed by atoms with E-state index < -0.39 is 0 Å². The number of halogens is 1. The Bertz CT molecular complexity index is 543. The Morgan fingerprint density at radius 2 is 2.00 bits per heavy atom. The molecule has 0 bridgehead atoms. The molecule has 1 saturated carbocycles. The molecule has 0 amide bonds. The van der Waals surface area contributed by atoms with Gasteiger partial charge in [0.25, 0.3) is 0 Å². The van der Waals surface area contributed by atoms with Crippen LogP contribution < -0.4 is 5.32 Å². The monoisotopic (exact) mass is 319 g/mol. The van der Waals surface area contributed by atoms with Gasteiger partial charge in [-0.25, -0.2) is 0 Å². The van der Waals surface area contributed by atoms with E-state index in [0.29, 0.717) is 18.0 Å². The molecule has 1 N–H and O–H groups in total.